The zero-order chi connectivity index (χ0) is 36.6. The van der Waals surface area contributed by atoms with E-state index in [1.165, 1.54) is 17.0 Å². The zero-order valence-electron chi connectivity index (χ0n) is 29.4. The molecule has 0 saturated carbocycles. The van der Waals surface area contributed by atoms with Crippen molar-refractivity contribution in [1.29, 1.82) is 0 Å². The van der Waals surface area contributed by atoms with Gasteiger partial charge in [0.15, 0.2) is 0 Å². The van der Waals surface area contributed by atoms with Gasteiger partial charge in [0.25, 0.3) is 0 Å². The van der Waals surface area contributed by atoms with Crippen LogP contribution in [-0.4, -0.2) is 76.3 Å². The molecule has 0 aliphatic heterocycles. The summed E-state index contributed by atoms with van der Waals surface area (Å²) in [5.41, 5.74) is 3.67. The van der Waals surface area contributed by atoms with Crippen molar-refractivity contribution >= 4 is 24.2 Å². The first kappa shape index (κ1) is 37.6. The molecule has 3 aromatic carbocycles. The highest BCUT2D eigenvalue weighted by atomic mass is 16.6. The molecule has 3 aromatic rings. The van der Waals surface area contributed by atoms with Crippen molar-refractivity contribution in [3.63, 3.8) is 0 Å². The number of benzene rings is 3. The zero-order valence-corrected chi connectivity index (χ0v) is 29.4. The molecule has 0 bridgehead atoms. The Kier molecular flexibility index (Phi) is 12.0. The second kappa shape index (κ2) is 16.0. The van der Waals surface area contributed by atoms with Gasteiger partial charge < -0.3 is 40.0 Å². The lowest BCUT2D eigenvalue weighted by Gasteiger charge is -2.28. The molecule has 0 fully saturated rings. The largest absolute Gasteiger partial charge is 0.508 e. The molecule has 4 rings (SSSR count). The Balaban J connectivity index is 1.44. The number of rotatable bonds is 12. The Morgan fingerprint density at radius 1 is 0.820 bits per heavy atom. The maximum absolute atomic E-state index is 13.2. The van der Waals surface area contributed by atoms with Crippen LogP contribution >= 0.6 is 0 Å². The molecule has 3 amide bonds. The van der Waals surface area contributed by atoms with Crippen molar-refractivity contribution in [3.05, 3.63) is 89.0 Å². The van der Waals surface area contributed by atoms with Crippen LogP contribution < -0.4 is 10.6 Å². The lowest BCUT2D eigenvalue weighted by atomic mass is 9.98. The first-order valence-corrected chi connectivity index (χ1v) is 16.6. The summed E-state index contributed by atoms with van der Waals surface area (Å²) in [4.78, 5) is 52.1. The number of alkyl carbamates (subject to hydrolysis) is 2. The van der Waals surface area contributed by atoms with Gasteiger partial charge in [-0.15, -0.1) is 0 Å². The van der Waals surface area contributed by atoms with Crippen molar-refractivity contribution in [2.24, 2.45) is 0 Å². The second-order valence-corrected chi connectivity index (χ2v) is 14.2. The molecule has 268 valence electrons. The van der Waals surface area contributed by atoms with Gasteiger partial charge in [-0.25, -0.2) is 19.2 Å². The van der Waals surface area contributed by atoms with Crippen LogP contribution in [0, 0.1) is 0 Å². The Morgan fingerprint density at radius 3 is 2.00 bits per heavy atom. The average Bonchev–Trinajstić information content (AvgIpc) is 3.34. The Labute approximate surface area is 292 Å². The SMILES string of the molecule is CC(C)(C)OC(=O)NCCCN(Cc1cc(O)ccc1CC(NC(=O)OCC1c2ccccc2-c2ccccc21)C(=O)O)C(=O)OC(C)(C)C. The summed E-state index contributed by atoms with van der Waals surface area (Å²) in [6.45, 7) is 10.8. The number of aromatic hydroxyl groups is 1. The van der Waals surface area contributed by atoms with Gasteiger partial charge in [-0.2, -0.15) is 0 Å². The van der Waals surface area contributed by atoms with Crippen LogP contribution in [0.2, 0.25) is 0 Å². The summed E-state index contributed by atoms with van der Waals surface area (Å²) in [6.07, 6.45) is -1.89. The number of phenolic OH excluding ortho intramolecular Hbond substituents is 1. The minimum Gasteiger partial charge on any atom is -0.508 e. The predicted molar refractivity (Wildman–Crippen MR) is 187 cm³/mol. The number of phenols is 1. The van der Waals surface area contributed by atoms with E-state index in [4.69, 9.17) is 14.2 Å². The van der Waals surface area contributed by atoms with E-state index >= 15 is 0 Å². The normalized spacial score (nSPS) is 13.0. The first-order chi connectivity index (χ1) is 23.5. The van der Waals surface area contributed by atoms with Gasteiger partial charge in [-0.05, 0) is 93.5 Å². The minimum absolute atomic E-state index is 0.0181. The number of carbonyl (C=O) groups excluding carboxylic acids is 3. The third-order valence-corrected chi connectivity index (χ3v) is 7.83. The van der Waals surface area contributed by atoms with E-state index in [9.17, 15) is 29.4 Å². The van der Waals surface area contributed by atoms with Crippen LogP contribution in [0.5, 0.6) is 5.75 Å². The molecule has 1 aliphatic carbocycles. The minimum atomic E-state index is -1.37. The first-order valence-electron chi connectivity index (χ1n) is 16.6. The lowest BCUT2D eigenvalue weighted by molar-refractivity contribution is -0.139. The van der Waals surface area contributed by atoms with Crippen LogP contribution in [-0.2, 0) is 32.0 Å². The molecule has 12 nitrogen and oxygen atoms in total. The lowest BCUT2D eigenvalue weighted by Crippen LogP contribution is -2.43. The number of amides is 3. The summed E-state index contributed by atoms with van der Waals surface area (Å²) < 4.78 is 16.5. The molecule has 0 saturated heterocycles. The Morgan fingerprint density at radius 2 is 1.42 bits per heavy atom. The van der Waals surface area contributed by atoms with Gasteiger partial charge in [-0.3, -0.25) is 0 Å². The standard InChI is InChI=1S/C38H47N3O9/c1-37(2,3)49-34(45)39-18-11-19-41(36(47)50-38(4,5)6)22-25-20-26(42)17-16-24(25)21-32(33(43)44)40-35(46)48-23-31-29-14-9-7-12-27(29)28-13-8-10-15-30(28)31/h7-10,12-17,20,31-32,42H,11,18-19,21-23H2,1-6H3,(H,39,45)(H,40,46)(H,43,44). The predicted octanol–water partition coefficient (Wildman–Crippen LogP) is 6.58. The fourth-order valence-electron chi connectivity index (χ4n) is 5.70. The molecule has 0 aromatic heterocycles. The highest BCUT2D eigenvalue weighted by Crippen LogP contribution is 2.44. The molecule has 0 heterocycles. The smallest absolute Gasteiger partial charge is 0.410 e. The van der Waals surface area contributed by atoms with E-state index in [-0.39, 0.29) is 44.3 Å². The monoisotopic (exact) mass is 689 g/mol. The Bertz CT molecular complexity index is 1650. The summed E-state index contributed by atoms with van der Waals surface area (Å²) in [5.74, 6) is -1.57. The summed E-state index contributed by atoms with van der Waals surface area (Å²) in [7, 11) is 0. The molecule has 1 unspecified atom stereocenters. The van der Waals surface area contributed by atoms with Gasteiger partial charge in [-0.1, -0.05) is 54.6 Å². The summed E-state index contributed by atoms with van der Waals surface area (Å²) in [5, 5.41) is 25.6. The highest BCUT2D eigenvalue weighted by Gasteiger charge is 2.30. The number of carboxylic acids is 1. The number of hydrogen-bond donors (Lipinski definition) is 4. The number of carbonyl (C=O) groups is 4. The van der Waals surface area contributed by atoms with Crippen LogP contribution in [0.1, 0.15) is 76.1 Å². The van der Waals surface area contributed by atoms with Gasteiger partial charge in [0, 0.05) is 32.0 Å². The van der Waals surface area contributed by atoms with Crippen molar-refractivity contribution in [1.82, 2.24) is 15.5 Å². The van der Waals surface area contributed by atoms with E-state index in [1.54, 1.807) is 47.6 Å². The molecule has 1 aliphatic rings. The molecule has 1 atom stereocenters. The number of hydrogen-bond acceptors (Lipinski definition) is 8. The molecule has 50 heavy (non-hydrogen) atoms. The van der Waals surface area contributed by atoms with Crippen LogP contribution in [0.3, 0.4) is 0 Å². The van der Waals surface area contributed by atoms with E-state index in [1.807, 2.05) is 48.5 Å². The number of nitrogens with one attached hydrogen (secondary N) is 2. The van der Waals surface area contributed by atoms with Crippen LogP contribution in [0.15, 0.2) is 66.7 Å². The molecule has 0 spiro atoms. The Hall–Kier alpha value is -5.26. The number of ether oxygens (including phenoxy) is 3. The highest BCUT2D eigenvalue weighted by molar-refractivity contribution is 5.81. The molecular formula is C38H47N3O9. The van der Waals surface area contributed by atoms with Crippen LogP contribution in [0.4, 0.5) is 14.4 Å². The van der Waals surface area contributed by atoms with Crippen molar-refractivity contribution in [3.8, 4) is 16.9 Å². The maximum Gasteiger partial charge on any atom is 0.410 e. The van der Waals surface area contributed by atoms with E-state index in [2.05, 4.69) is 10.6 Å². The summed E-state index contributed by atoms with van der Waals surface area (Å²) >= 11 is 0. The molecule has 0 radical (unpaired) electrons. The number of nitrogens with zero attached hydrogens (tertiary/aromatic N) is 1. The van der Waals surface area contributed by atoms with E-state index in [0.717, 1.165) is 22.3 Å². The fraction of sp³-hybridized carbons (Fsp3) is 0.421. The quantitative estimate of drug-likeness (QED) is 0.122. The van der Waals surface area contributed by atoms with Gasteiger partial charge >= 0.3 is 24.2 Å². The topological polar surface area (TPSA) is 164 Å². The number of fused-ring (bicyclic) bond motifs is 3. The van der Waals surface area contributed by atoms with Crippen molar-refractivity contribution in [2.45, 2.75) is 84.1 Å². The van der Waals surface area contributed by atoms with Gasteiger partial charge in [0.05, 0.1) is 0 Å². The average molecular weight is 690 g/mol. The van der Waals surface area contributed by atoms with E-state index in [0.29, 0.717) is 17.5 Å². The number of aliphatic carboxylic acids is 1. The second-order valence-electron chi connectivity index (χ2n) is 14.2. The fourth-order valence-corrected chi connectivity index (χ4v) is 5.70. The molecule has 4 N–H and O–H groups in total. The molecular weight excluding hydrogens is 642 g/mol. The maximum atomic E-state index is 13.2. The third-order valence-electron chi connectivity index (χ3n) is 7.83. The van der Waals surface area contributed by atoms with Gasteiger partial charge in [0.2, 0.25) is 0 Å². The van der Waals surface area contributed by atoms with Crippen molar-refractivity contribution in [2.75, 3.05) is 19.7 Å². The molecule has 12 heteroatoms. The van der Waals surface area contributed by atoms with Crippen molar-refractivity contribution < 1.29 is 43.6 Å². The van der Waals surface area contributed by atoms with Crippen LogP contribution in [0.25, 0.3) is 11.1 Å². The van der Waals surface area contributed by atoms with Gasteiger partial charge in [0.1, 0.15) is 29.6 Å². The third kappa shape index (κ3) is 10.6. The summed E-state index contributed by atoms with van der Waals surface area (Å²) in [6, 6.07) is 18.8. The van der Waals surface area contributed by atoms with E-state index < -0.39 is 41.5 Å². The number of carboxylic acid groups (broad SMARTS) is 1.